The van der Waals surface area contributed by atoms with Crippen LogP contribution in [0.4, 0.5) is 0 Å². The van der Waals surface area contributed by atoms with Gasteiger partial charge in [-0.05, 0) is 24.6 Å². The van der Waals surface area contributed by atoms with Crippen LogP contribution in [-0.4, -0.2) is 59.6 Å². The molecule has 0 spiro atoms. The van der Waals surface area contributed by atoms with Gasteiger partial charge in [0, 0.05) is 38.3 Å². The van der Waals surface area contributed by atoms with E-state index in [1.165, 1.54) is 0 Å². The minimum atomic E-state index is -0.292. The molecular formula is C16H21N3O2. The van der Waals surface area contributed by atoms with Crippen molar-refractivity contribution in [3.05, 3.63) is 35.4 Å². The number of aliphatic hydroxyl groups excluding tert-OH is 1. The number of hydrogen-bond acceptors (Lipinski definition) is 4. The van der Waals surface area contributed by atoms with Crippen molar-refractivity contribution in [2.45, 2.75) is 19.4 Å². The summed E-state index contributed by atoms with van der Waals surface area (Å²) in [5.41, 5.74) is 1.07. The van der Waals surface area contributed by atoms with E-state index in [-0.39, 0.29) is 12.0 Å². The Hall–Kier alpha value is -1.90. The highest BCUT2D eigenvalue weighted by Gasteiger charge is 2.23. The number of piperazine rings is 1. The number of carbonyl (C=O) groups is 1. The molecule has 21 heavy (non-hydrogen) atoms. The molecule has 0 unspecified atom stereocenters. The summed E-state index contributed by atoms with van der Waals surface area (Å²) in [6.45, 7) is 5.51. The van der Waals surface area contributed by atoms with Crippen LogP contribution in [0.15, 0.2) is 24.3 Å². The standard InChI is InChI=1S/C16H21N3O2/c1-2-15(20)12-18-6-8-19(9-7-18)16(21)14-5-3-4-13(10-14)11-17/h3-5,10,15,20H,2,6-9,12H2,1H3/t15-/m0/s1. The van der Waals surface area contributed by atoms with Crippen molar-refractivity contribution in [3.63, 3.8) is 0 Å². The van der Waals surface area contributed by atoms with E-state index in [4.69, 9.17) is 5.26 Å². The summed E-state index contributed by atoms with van der Waals surface area (Å²) in [5.74, 6) is -0.0252. The third-order valence-corrected chi connectivity index (χ3v) is 3.84. The minimum absolute atomic E-state index is 0.0252. The number of benzene rings is 1. The lowest BCUT2D eigenvalue weighted by atomic mass is 10.1. The molecule has 1 heterocycles. The van der Waals surface area contributed by atoms with Gasteiger partial charge >= 0.3 is 0 Å². The monoisotopic (exact) mass is 287 g/mol. The van der Waals surface area contributed by atoms with Gasteiger partial charge in [-0.25, -0.2) is 0 Å². The van der Waals surface area contributed by atoms with Gasteiger partial charge in [0.2, 0.25) is 0 Å². The first-order valence-electron chi connectivity index (χ1n) is 7.34. The molecule has 1 saturated heterocycles. The molecular weight excluding hydrogens is 266 g/mol. The summed E-state index contributed by atoms with van der Waals surface area (Å²) in [6, 6.07) is 8.87. The van der Waals surface area contributed by atoms with E-state index in [2.05, 4.69) is 11.0 Å². The van der Waals surface area contributed by atoms with E-state index < -0.39 is 0 Å². The first-order valence-corrected chi connectivity index (χ1v) is 7.34. The molecule has 1 aromatic carbocycles. The minimum Gasteiger partial charge on any atom is -0.392 e. The highest BCUT2D eigenvalue weighted by molar-refractivity contribution is 5.94. The molecule has 2 rings (SSSR count). The molecule has 0 aliphatic carbocycles. The number of β-amino-alcohol motifs (C(OH)–C–C–N with tert-alkyl or cyclic N) is 1. The molecule has 0 aromatic heterocycles. The topological polar surface area (TPSA) is 67.6 Å². The molecule has 1 aromatic rings. The second-order valence-electron chi connectivity index (χ2n) is 5.35. The zero-order valence-electron chi connectivity index (χ0n) is 12.3. The summed E-state index contributed by atoms with van der Waals surface area (Å²) in [5, 5.41) is 18.6. The summed E-state index contributed by atoms with van der Waals surface area (Å²) in [7, 11) is 0. The predicted molar refractivity (Wildman–Crippen MR) is 79.8 cm³/mol. The van der Waals surface area contributed by atoms with E-state index in [0.717, 1.165) is 19.5 Å². The number of carbonyl (C=O) groups excluding carboxylic acids is 1. The molecule has 112 valence electrons. The zero-order chi connectivity index (χ0) is 15.2. The number of nitriles is 1. The van der Waals surface area contributed by atoms with Gasteiger partial charge in [0.25, 0.3) is 5.91 Å². The van der Waals surface area contributed by atoms with Crippen molar-refractivity contribution >= 4 is 5.91 Å². The summed E-state index contributed by atoms with van der Waals surface area (Å²) in [6.07, 6.45) is 0.458. The number of nitrogens with zero attached hydrogens (tertiary/aromatic N) is 3. The van der Waals surface area contributed by atoms with Gasteiger partial charge in [0.05, 0.1) is 17.7 Å². The van der Waals surface area contributed by atoms with Crippen LogP contribution < -0.4 is 0 Å². The number of aliphatic hydroxyl groups is 1. The number of hydrogen-bond donors (Lipinski definition) is 1. The van der Waals surface area contributed by atoms with Crippen molar-refractivity contribution < 1.29 is 9.90 Å². The Morgan fingerprint density at radius 3 is 2.71 bits per heavy atom. The molecule has 1 aliphatic rings. The highest BCUT2D eigenvalue weighted by Crippen LogP contribution is 2.11. The van der Waals surface area contributed by atoms with Crippen LogP contribution in [0.25, 0.3) is 0 Å². The van der Waals surface area contributed by atoms with E-state index in [9.17, 15) is 9.90 Å². The average Bonchev–Trinajstić information content (AvgIpc) is 2.54. The van der Waals surface area contributed by atoms with Crippen LogP contribution in [-0.2, 0) is 0 Å². The van der Waals surface area contributed by atoms with Gasteiger partial charge in [-0.1, -0.05) is 13.0 Å². The Kier molecular flexibility index (Phi) is 5.32. The average molecular weight is 287 g/mol. The highest BCUT2D eigenvalue weighted by atomic mass is 16.3. The Labute approximate surface area is 125 Å². The van der Waals surface area contributed by atoms with Crippen LogP contribution in [0.3, 0.4) is 0 Å². The lowest BCUT2D eigenvalue weighted by Crippen LogP contribution is -2.50. The lowest BCUT2D eigenvalue weighted by Gasteiger charge is -2.35. The van der Waals surface area contributed by atoms with E-state index in [1.807, 2.05) is 11.8 Å². The SMILES string of the molecule is CC[C@H](O)CN1CCN(C(=O)c2cccc(C#N)c2)CC1. The normalized spacial score (nSPS) is 17.3. The van der Waals surface area contributed by atoms with E-state index in [1.54, 1.807) is 24.3 Å². The van der Waals surface area contributed by atoms with Gasteiger partial charge in [0.1, 0.15) is 0 Å². The first-order chi connectivity index (χ1) is 10.1. The van der Waals surface area contributed by atoms with Gasteiger partial charge in [0.15, 0.2) is 0 Å². The molecule has 1 amide bonds. The third kappa shape index (κ3) is 4.03. The van der Waals surface area contributed by atoms with Crippen LogP contribution in [0, 0.1) is 11.3 Å². The maximum absolute atomic E-state index is 12.4. The lowest BCUT2D eigenvalue weighted by molar-refractivity contribution is 0.0523. The first kappa shape index (κ1) is 15.5. The van der Waals surface area contributed by atoms with Gasteiger partial charge in [-0.15, -0.1) is 0 Å². The largest absolute Gasteiger partial charge is 0.392 e. The fraction of sp³-hybridized carbons (Fsp3) is 0.500. The van der Waals surface area contributed by atoms with Crippen LogP contribution in [0.1, 0.15) is 29.3 Å². The van der Waals surface area contributed by atoms with Gasteiger partial charge in [-0.2, -0.15) is 5.26 Å². The Balaban J connectivity index is 1.92. The Morgan fingerprint density at radius 2 is 2.10 bits per heavy atom. The van der Waals surface area contributed by atoms with Crippen LogP contribution in [0.2, 0.25) is 0 Å². The summed E-state index contributed by atoms with van der Waals surface area (Å²) in [4.78, 5) is 16.4. The predicted octanol–water partition coefficient (Wildman–Crippen LogP) is 1.09. The third-order valence-electron chi connectivity index (χ3n) is 3.84. The fourth-order valence-electron chi connectivity index (χ4n) is 2.47. The maximum atomic E-state index is 12.4. The zero-order valence-corrected chi connectivity index (χ0v) is 12.3. The maximum Gasteiger partial charge on any atom is 0.253 e. The van der Waals surface area contributed by atoms with E-state index >= 15 is 0 Å². The molecule has 1 fully saturated rings. The van der Waals surface area contributed by atoms with Crippen molar-refractivity contribution in [1.82, 2.24) is 9.80 Å². The second-order valence-corrected chi connectivity index (χ2v) is 5.35. The van der Waals surface area contributed by atoms with Crippen LogP contribution in [0.5, 0.6) is 0 Å². The molecule has 5 nitrogen and oxygen atoms in total. The Bertz CT molecular complexity index is 531. The fourth-order valence-corrected chi connectivity index (χ4v) is 2.47. The molecule has 1 atom stereocenters. The molecule has 1 aliphatic heterocycles. The number of amides is 1. The Morgan fingerprint density at radius 1 is 1.38 bits per heavy atom. The molecule has 0 saturated carbocycles. The van der Waals surface area contributed by atoms with Crippen molar-refractivity contribution in [3.8, 4) is 6.07 Å². The van der Waals surface area contributed by atoms with Gasteiger partial charge < -0.3 is 10.0 Å². The van der Waals surface area contributed by atoms with Crippen molar-refractivity contribution in [1.29, 1.82) is 5.26 Å². The van der Waals surface area contributed by atoms with Gasteiger partial charge in [-0.3, -0.25) is 9.69 Å². The quantitative estimate of drug-likeness (QED) is 0.900. The molecule has 0 bridgehead atoms. The molecule has 0 radical (unpaired) electrons. The van der Waals surface area contributed by atoms with Crippen LogP contribution >= 0.6 is 0 Å². The van der Waals surface area contributed by atoms with Crippen molar-refractivity contribution in [2.75, 3.05) is 32.7 Å². The van der Waals surface area contributed by atoms with E-state index in [0.29, 0.717) is 30.8 Å². The van der Waals surface area contributed by atoms with Crippen molar-refractivity contribution in [2.24, 2.45) is 0 Å². The number of rotatable bonds is 4. The summed E-state index contributed by atoms with van der Waals surface area (Å²) < 4.78 is 0. The smallest absolute Gasteiger partial charge is 0.253 e. The second kappa shape index (κ2) is 7.21. The summed E-state index contributed by atoms with van der Waals surface area (Å²) >= 11 is 0. The molecule has 1 N–H and O–H groups in total. The molecule has 5 heteroatoms.